The fourth-order valence-corrected chi connectivity index (χ4v) is 3.13. The first-order valence-corrected chi connectivity index (χ1v) is 6.71. The zero-order valence-electron chi connectivity index (χ0n) is 9.38. The molecule has 0 aliphatic heterocycles. The largest absolute Gasteiger partial charge is 0.319 e. The summed E-state index contributed by atoms with van der Waals surface area (Å²) in [6, 6.07) is 7.43. The van der Waals surface area contributed by atoms with Gasteiger partial charge >= 0.3 is 0 Å². The second-order valence-corrected chi connectivity index (χ2v) is 5.24. The SMILES string of the molecule is NC(c1sccc1Cl)c1cccc2nccnc12. The number of benzene rings is 1. The van der Waals surface area contributed by atoms with Crippen molar-refractivity contribution >= 4 is 34.0 Å². The number of rotatable bonds is 2. The maximum Gasteiger partial charge on any atom is 0.0938 e. The van der Waals surface area contributed by atoms with Crippen LogP contribution in [0.3, 0.4) is 0 Å². The lowest BCUT2D eigenvalue weighted by molar-refractivity contribution is 0.899. The molecule has 1 aromatic carbocycles. The fraction of sp³-hybridized carbons (Fsp3) is 0.0769. The Balaban J connectivity index is 2.18. The van der Waals surface area contributed by atoms with Crippen LogP contribution in [-0.2, 0) is 0 Å². The van der Waals surface area contributed by atoms with Crippen molar-refractivity contribution in [1.82, 2.24) is 9.97 Å². The Bertz CT molecular complexity index is 690. The average Bonchev–Trinajstić information content (AvgIpc) is 2.83. The van der Waals surface area contributed by atoms with Gasteiger partial charge in [-0.25, -0.2) is 0 Å². The van der Waals surface area contributed by atoms with Crippen LogP contribution in [0.25, 0.3) is 11.0 Å². The van der Waals surface area contributed by atoms with Crippen LogP contribution in [0, 0.1) is 0 Å². The molecule has 0 saturated carbocycles. The Morgan fingerprint density at radius 2 is 2.00 bits per heavy atom. The summed E-state index contributed by atoms with van der Waals surface area (Å²) in [5.74, 6) is 0. The molecule has 3 nitrogen and oxygen atoms in total. The first-order chi connectivity index (χ1) is 8.77. The Morgan fingerprint density at radius 1 is 1.17 bits per heavy atom. The van der Waals surface area contributed by atoms with Crippen molar-refractivity contribution in [3.8, 4) is 0 Å². The highest BCUT2D eigenvalue weighted by molar-refractivity contribution is 7.10. The van der Waals surface area contributed by atoms with E-state index in [2.05, 4.69) is 9.97 Å². The van der Waals surface area contributed by atoms with Gasteiger partial charge in [-0.05, 0) is 17.5 Å². The number of fused-ring (bicyclic) bond motifs is 1. The van der Waals surface area contributed by atoms with Crippen LogP contribution in [0.4, 0.5) is 0 Å². The minimum Gasteiger partial charge on any atom is -0.319 e. The third-order valence-electron chi connectivity index (χ3n) is 2.79. The molecule has 2 heterocycles. The van der Waals surface area contributed by atoms with E-state index in [4.69, 9.17) is 17.3 Å². The summed E-state index contributed by atoms with van der Waals surface area (Å²) < 4.78 is 0. The quantitative estimate of drug-likeness (QED) is 0.780. The summed E-state index contributed by atoms with van der Waals surface area (Å²) in [7, 11) is 0. The lowest BCUT2D eigenvalue weighted by Gasteiger charge is -2.12. The Morgan fingerprint density at radius 3 is 2.78 bits per heavy atom. The van der Waals surface area contributed by atoms with E-state index in [1.165, 1.54) is 0 Å². The van der Waals surface area contributed by atoms with Gasteiger partial charge in [-0.2, -0.15) is 0 Å². The molecule has 2 aromatic heterocycles. The molecule has 0 radical (unpaired) electrons. The minimum atomic E-state index is -0.266. The molecule has 0 saturated heterocycles. The number of hydrogen-bond donors (Lipinski definition) is 1. The van der Waals surface area contributed by atoms with Gasteiger partial charge in [0.25, 0.3) is 0 Å². The Kier molecular flexibility index (Phi) is 2.99. The summed E-state index contributed by atoms with van der Waals surface area (Å²) in [6.45, 7) is 0. The van der Waals surface area contributed by atoms with Gasteiger partial charge in [0.05, 0.1) is 22.1 Å². The van der Waals surface area contributed by atoms with E-state index < -0.39 is 0 Å². The third-order valence-corrected chi connectivity index (χ3v) is 4.23. The molecule has 1 atom stereocenters. The van der Waals surface area contributed by atoms with Crippen LogP contribution >= 0.6 is 22.9 Å². The second-order valence-electron chi connectivity index (χ2n) is 3.88. The fourth-order valence-electron chi connectivity index (χ4n) is 1.93. The standard InChI is InChI=1S/C13H10ClN3S/c14-9-4-7-18-13(9)11(15)8-2-1-3-10-12(8)17-6-5-16-10/h1-7,11H,15H2. The predicted octanol–water partition coefficient (Wildman–Crippen LogP) is 3.39. The molecule has 5 heteroatoms. The van der Waals surface area contributed by atoms with Crippen molar-refractivity contribution in [2.24, 2.45) is 5.73 Å². The molecular weight excluding hydrogens is 266 g/mol. The highest BCUT2D eigenvalue weighted by Crippen LogP contribution is 2.33. The van der Waals surface area contributed by atoms with Crippen LogP contribution in [-0.4, -0.2) is 9.97 Å². The van der Waals surface area contributed by atoms with Gasteiger partial charge in [0.2, 0.25) is 0 Å². The summed E-state index contributed by atoms with van der Waals surface area (Å²) in [5.41, 5.74) is 8.91. The van der Waals surface area contributed by atoms with E-state index in [9.17, 15) is 0 Å². The van der Waals surface area contributed by atoms with Gasteiger partial charge in [0, 0.05) is 22.8 Å². The third kappa shape index (κ3) is 1.88. The molecule has 0 aliphatic rings. The second kappa shape index (κ2) is 4.65. The summed E-state index contributed by atoms with van der Waals surface area (Å²) >= 11 is 7.69. The minimum absolute atomic E-state index is 0.266. The number of aromatic nitrogens is 2. The van der Waals surface area contributed by atoms with Crippen LogP contribution in [0.5, 0.6) is 0 Å². The Hall–Kier alpha value is -1.49. The lowest BCUT2D eigenvalue weighted by atomic mass is 10.0. The summed E-state index contributed by atoms with van der Waals surface area (Å²) in [6.07, 6.45) is 3.35. The first kappa shape index (κ1) is 11.6. The van der Waals surface area contributed by atoms with Gasteiger partial charge in [-0.3, -0.25) is 9.97 Å². The maximum absolute atomic E-state index is 6.29. The molecule has 3 rings (SSSR count). The van der Waals surface area contributed by atoms with E-state index >= 15 is 0 Å². The molecular formula is C13H10ClN3S. The molecule has 2 N–H and O–H groups in total. The molecule has 0 spiro atoms. The van der Waals surface area contributed by atoms with Gasteiger partial charge in [-0.1, -0.05) is 23.7 Å². The number of nitrogens with two attached hydrogens (primary N) is 1. The van der Waals surface area contributed by atoms with Crippen molar-refractivity contribution in [2.45, 2.75) is 6.04 Å². The van der Waals surface area contributed by atoms with Crippen LogP contribution in [0.2, 0.25) is 5.02 Å². The monoisotopic (exact) mass is 275 g/mol. The van der Waals surface area contributed by atoms with Crippen molar-refractivity contribution in [2.75, 3.05) is 0 Å². The van der Waals surface area contributed by atoms with E-state index in [-0.39, 0.29) is 6.04 Å². The smallest absolute Gasteiger partial charge is 0.0938 e. The zero-order chi connectivity index (χ0) is 12.5. The van der Waals surface area contributed by atoms with Crippen molar-refractivity contribution in [1.29, 1.82) is 0 Å². The first-order valence-electron chi connectivity index (χ1n) is 5.45. The topological polar surface area (TPSA) is 51.8 Å². The van der Waals surface area contributed by atoms with E-state index in [1.54, 1.807) is 23.7 Å². The molecule has 0 amide bonds. The Labute approximate surface area is 113 Å². The van der Waals surface area contributed by atoms with E-state index in [0.29, 0.717) is 5.02 Å². The van der Waals surface area contributed by atoms with Gasteiger partial charge in [-0.15, -0.1) is 11.3 Å². The average molecular weight is 276 g/mol. The molecule has 18 heavy (non-hydrogen) atoms. The number of hydrogen-bond acceptors (Lipinski definition) is 4. The number of halogens is 1. The molecule has 0 fully saturated rings. The zero-order valence-corrected chi connectivity index (χ0v) is 10.9. The predicted molar refractivity (Wildman–Crippen MR) is 74.9 cm³/mol. The van der Waals surface area contributed by atoms with Crippen molar-refractivity contribution < 1.29 is 0 Å². The molecule has 3 aromatic rings. The number of nitrogens with zero attached hydrogens (tertiary/aromatic N) is 2. The maximum atomic E-state index is 6.29. The summed E-state index contributed by atoms with van der Waals surface area (Å²) in [5, 5.41) is 2.64. The van der Waals surface area contributed by atoms with Crippen molar-refractivity contribution in [3.63, 3.8) is 0 Å². The van der Waals surface area contributed by atoms with E-state index in [0.717, 1.165) is 21.5 Å². The molecule has 90 valence electrons. The highest BCUT2D eigenvalue weighted by Gasteiger charge is 2.17. The lowest BCUT2D eigenvalue weighted by Crippen LogP contribution is -2.11. The normalized spacial score (nSPS) is 12.8. The molecule has 1 unspecified atom stereocenters. The number of thiophene rings is 1. The van der Waals surface area contributed by atoms with Gasteiger partial charge < -0.3 is 5.73 Å². The van der Waals surface area contributed by atoms with E-state index in [1.807, 2.05) is 29.6 Å². The molecule has 0 aliphatic carbocycles. The van der Waals surface area contributed by atoms with Crippen LogP contribution in [0.15, 0.2) is 42.0 Å². The van der Waals surface area contributed by atoms with Crippen LogP contribution in [0.1, 0.15) is 16.5 Å². The van der Waals surface area contributed by atoms with Gasteiger partial charge in [0.15, 0.2) is 0 Å². The molecule has 0 bridgehead atoms. The van der Waals surface area contributed by atoms with Crippen LogP contribution < -0.4 is 5.73 Å². The number of para-hydroxylation sites is 1. The van der Waals surface area contributed by atoms with Crippen molar-refractivity contribution in [3.05, 3.63) is 57.5 Å². The highest BCUT2D eigenvalue weighted by atomic mass is 35.5. The van der Waals surface area contributed by atoms with Gasteiger partial charge in [0.1, 0.15) is 0 Å². The summed E-state index contributed by atoms with van der Waals surface area (Å²) in [4.78, 5) is 9.59.